The van der Waals surface area contributed by atoms with Gasteiger partial charge in [0.1, 0.15) is 5.82 Å². The van der Waals surface area contributed by atoms with E-state index in [1.165, 1.54) is 0 Å². The molecular weight excluding hydrogens is 354 g/mol. The number of carbonyl (C=O) groups is 1. The molecule has 1 N–H and O–H groups in total. The molecule has 4 rings (SSSR count). The van der Waals surface area contributed by atoms with Gasteiger partial charge in [-0.05, 0) is 18.7 Å². The fourth-order valence-electron chi connectivity index (χ4n) is 3.48. The topological polar surface area (TPSA) is 79.2 Å². The van der Waals surface area contributed by atoms with Crippen LogP contribution in [0.3, 0.4) is 0 Å². The van der Waals surface area contributed by atoms with Gasteiger partial charge in [0, 0.05) is 62.1 Å². The Hall–Kier alpha value is -2.84. The monoisotopic (exact) mass is 379 g/mol. The summed E-state index contributed by atoms with van der Waals surface area (Å²) in [6, 6.07) is 3.91. The van der Waals surface area contributed by atoms with Crippen molar-refractivity contribution >= 4 is 22.6 Å². The lowest BCUT2D eigenvalue weighted by Gasteiger charge is -2.33. The lowest BCUT2D eigenvalue weighted by atomic mass is 10.1. The number of hydrogen-bond acceptors (Lipinski definition) is 6. The number of nitrogens with one attached hydrogen (secondary N) is 1. The number of carbonyl (C=O) groups excluding carboxylic acids is 1. The molecule has 4 heterocycles. The van der Waals surface area contributed by atoms with E-state index in [1.807, 2.05) is 37.8 Å². The highest BCUT2D eigenvalue weighted by Gasteiger charge is 2.18. The molecule has 1 saturated heterocycles. The Kier molecular flexibility index (Phi) is 5.31. The van der Waals surface area contributed by atoms with Crippen LogP contribution in [0.15, 0.2) is 36.9 Å². The molecular formula is C20H25N7O. The zero-order valence-corrected chi connectivity index (χ0v) is 16.3. The van der Waals surface area contributed by atoms with E-state index in [0.717, 1.165) is 54.8 Å². The van der Waals surface area contributed by atoms with Crippen molar-refractivity contribution in [3.8, 4) is 11.1 Å². The van der Waals surface area contributed by atoms with E-state index in [-0.39, 0.29) is 5.91 Å². The summed E-state index contributed by atoms with van der Waals surface area (Å²) in [5.74, 6) is 0.517. The third-order valence-corrected chi connectivity index (χ3v) is 5.15. The van der Waals surface area contributed by atoms with E-state index in [1.54, 1.807) is 10.9 Å². The number of anilines is 1. The van der Waals surface area contributed by atoms with Gasteiger partial charge >= 0.3 is 0 Å². The smallest absolute Gasteiger partial charge is 0.239 e. The summed E-state index contributed by atoms with van der Waals surface area (Å²) in [4.78, 5) is 25.8. The minimum absolute atomic E-state index is 0.0341. The Morgan fingerprint density at radius 3 is 2.54 bits per heavy atom. The number of piperazine rings is 1. The first kappa shape index (κ1) is 18.5. The molecule has 8 nitrogen and oxygen atoms in total. The van der Waals surface area contributed by atoms with Crippen LogP contribution >= 0.6 is 0 Å². The molecule has 0 aromatic carbocycles. The van der Waals surface area contributed by atoms with E-state index in [2.05, 4.69) is 37.1 Å². The second-order valence-electron chi connectivity index (χ2n) is 7.15. The lowest BCUT2D eigenvalue weighted by molar-refractivity contribution is -0.117. The molecule has 28 heavy (non-hydrogen) atoms. The number of pyridine rings is 2. The summed E-state index contributed by atoms with van der Waals surface area (Å²) in [6.07, 6.45) is 7.27. The van der Waals surface area contributed by atoms with Gasteiger partial charge in [-0.2, -0.15) is 5.10 Å². The number of nitrogens with zero attached hydrogens (tertiary/aromatic N) is 6. The first-order chi connectivity index (χ1) is 13.6. The molecule has 0 unspecified atom stereocenters. The number of rotatable bonds is 5. The summed E-state index contributed by atoms with van der Waals surface area (Å²) in [6.45, 7) is 7.50. The van der Waals surface area contributed by atoms with Crippen LogP contribution in [-0.4, -0.2) is 74.7 Å². The zero-order chi connectivity index (χ0) is 19.5. The number of aromatic nitrogens is 4. The maximum Gasteiger partial charge on any atom is 0.239 e. The number of hydrogen-bond donors (Lipinski definition) is 1. The van der Waals surface area contributed by atoms with Crippen LogP contribution in [0.1, 0.15) is 6.92 Å². The van der Waals surface area contributed by atoms with Crippen molar-refractivity contribution < 1.29 is 4.79 Å². The molecule has 8 heteroatoms. The highest BCUT2D eigenvalue weighted by atomic mass is 16.2. The number of likely N-dealkylation sites (N-methyl/N-ethyl adjacent to an activating group) is 1. The fourth-order valence-corrected chi connectivity index (χ4v) is 3.48. The van der Waals surface area contributed by atoms with Gasteiger partial charge in [0.15, 0.2) is 0 Å². The summed E-state index contributed by atoms with van der Waals surface area (Å²) in [5, 5.41) is 8.06. The van der Waals surface area contributed by atoms with Gasteiger partial charge in [0.2, 0.25) is 5.91 Å². The summed E-state index contributed by atoms with van der Waals surface area (Å²) in [5.41, 5.74) is 2.78. The molecule has 3 aromatic heterocycles. The summed E-state index contributed by atoms with van der Waals surface area (Å²) >= 11 is 0. The molecule has 0 radical (unpaired) electrons. The summed E-state index contributed by atoms with van der Waals surface area (Å²) < 4.78 is 1.76. The predicted octanol–water partition coefficient (Wildman–Crippen LogP) is 1.61. The van der Waals surface area contributed by atoms with Crippen LogP contribution in [0.4, 0.5) is 5.82 Å². The van der Waals surface area contributed by atoms with E-state index in [9.17, 15) is 4.79 Å². The quantitative estimate of drug-likeness (QED) is 0.726. The number of amides is 1. The van der Waals surface area contributed by atoms with Crippen molar-refractivity contribution in [2.24, 2.45) is 7.05 Å². The molecule has 0 bridgehead atoms. The van der Waals surface area contributed by atoms with Gasteiger partial charge in [0.25, 0.3) is 0 Å². The van der Waals surface area contributed by atoms with Crippen LogP contribution in [0.5, 0.6) is 0 Å². The average Bonchev–Trinajstić information content (AvgIpc) is 3.14. The van der Waals surface area contributed by atoms with Crippen molar-refractivity contribution in [2.45, 2.75) is 6.92 Å². The highest BCUT2D eigenvalue weighted by molar-refractivity contribution is 5.93. The van der Waals surface area contributed by atoms with E-state index < -0.39 is 0 Å². The molecule has 1 fully saturated rings. The average molecular weight is 379 g/mol. The third kappa shape index (κ3) is 4.18. The molecule has 0 saturated carbocycles. The SMILES string of the molecule is CCN1CCN(CC(=O)Nc2cc3cc(-c4cnn(C)c4)cnc3cn2)CC1. The Labute approximate surface area is 164 Å². The molecule has 0 atom stereocenters. The highest BCUT2D eigenvalue weighted by Crippen LogP contribution is 2.23. The largest absolute Gasteiger partial charge is 0.310 e. The molecule has 1 amide bonds. The van der Waals surface area contributed by atoms with Gasteiger partial charge < -0.3 is 10.2 Å². The van der Waals surface area contributed by atoms with Crippen LogP contribution in [0.2, 0.25) is 0 Å². The molecule has 146 valence electrons. The van der Waals surface area contributed by atoms with Crippen molar-refractivity contribution in [3.63, 3.8) is 0 Å². The van der Waals surface area contributed by atoms with Crippen LogP contribution < -0.4 is 5.32 Å². The van der Waals surface area contributed by atoms with Crippen LogP contribution in [0, 0.1) is 0 Å². The maximum absolute atomic E-state index is 12.4. The standard InChI is InChI=1S/C20H25N7O/c1-3-26-4-6-27(7-5-26)14-20(28)24-19-9-15-8-16(10-21-18(15)12-22-19)17-11-23-25(2)13-17/h8-13H,3-7,14H2,1-2H3,(H,22,24,28). The van der Waals surface area contributed by atoms with Gasteiger partial charge in [-0.15, -0.1) is 0 Å². The Morgan fingerprint density at radius 2 is 1.82 bits per heavy atom. The Balaban J connectivity index is 1.44. The lowest BCUT2D eigenvalue weighted by Crippen LogP contribution is -2.48. The number of aryl methyl sites for hydroxylation is 1. The van der Waals surface area contributed by atoms with Gasteiger partial charge in [-0.1, -0.05) is 6.92 Å². The third-order valence-electron chi connectivity index (χ3n) is 5.15. The van der Waals surface area contributed by atoms with E-state index >= 15 is 0 Å². The van der Waals surface area contributed by atoms with Gasteiger partial charge in [-0.25, -0.2) is 4.98 Å². The first-order valence-corrected chi connectivity index (χ1v) is 9.60. The molecule has 1 aliphatic heterocycles. The van der Waals surface area contributed by atoms with Gasteiger partial charge in [-0.3, -0.25) is 19.4 Å². The normalized spacial score (nSPS) is 15.8. The summed E-state index contributed by atoms with van der Waals surface area (Å²) in [7, 11) is 1.89. The minimum Gasteiger partial charge on any atom is -0.310 e. The zero-order valence-electron chi connectivity index (χ0n) is 16.3. The second-order valence-corrected chi connectivity index (χ2v) is 7.15. The van der Waals surface area contributed by atoms with Crippen LogP contribution in [-0.2, 0) is 11.8 Å². The molecule has 1 aliphatic rings. The molecule has 0 spiro atoms. The van der Waals surface area contributed by atoms with E-state index in [4.69, 9.17) is 0 Å². The Morgan fingerprint density at radius 1 is 1.04 bits per heavy atom. The van der Waals surface area contributed by atoms with Crippen molar-refractivity contribution in [3.05, 3.63) is 36.9 Å². The first-order valence-electron chi connectivity index (χ1n) is 9.60. The van der Waals surface area contributed by atoms with Crippen molar-refractivity contribution in [1.29, 1.82) is 0 Å². The van der Waals surface area contributed by atoms with Gasteiger partial charge in [0.05, 0.1) is 24.5 Å². The fraction of sp³-hybridized carbons (Fsp3) is 0.400. The second kappa shape index (κ2) is 8.04. The molecule has 0 aliphatic carbocycles. The predicted molar refractivity (Wildman–Crippen MR) is 109 cm³/mol. The van der Waals surface area contributed by atoms with Crippen LogP contribution in [0.25, 0.3) is 22.0 Å². The van der Waals surface area contributed by atoms with Crippen molar-refractivity contribution in [2.75, 3.05) is 44.6 Å². The maximum atomic E-state index is 12.4. The number of fused-ring (bicyclic) bond motifs is 1. The minimum atomic E-state index is -0.0341. The Bertz CT molecular complexity index is 976. The molecule has 3 aromatic rings. The van der Waals surface area contributed by atoms with Crippen molar-refractivity contribution in [1.82, 2.24) is 29.5 Å². The van der Waals surface area contributed by atoms with E-state index in [0.29, 0.717) is 12.4 Å².